The van der Waals surface area contributed by atoms with Crippen molar-refractivity contribution in [3.8, 4) is 5.75 Å². The van der Waals surface area contributed by atoms with Crippen molar-refractivity contribution in [1.82, 2.24) is 20.1 Å². The molecular formula is C30H32N4O5. The van der Waals surface area contributed by atoms with E-state index in [2.05, 4.69) is 10.3 Å². The molecular weight excluding hydrogens is 496 g/mol. The summed E-state index contributed by atoms with van der Waals surface area (Å²) < 4.78 is 11.5. The molecule has 9 nitrogen and oxygen atoms in total. The fourth-order valence-electron chi connectivity index (χ4n) is 5.23. The zero-order valence-electron chi connectivity index (χ0n) is 21.9. The number of hydrogen-bond acceptors (Lipinski definition) is 6. The summed E-state index contributed by atoms with van der Waals surface area (Å²) in [6.45, 7) is 1.18. The van der Waals surface area contributed by atoms with Crippen molar-refractivity contribution in [1.29, 1.82) is 0 Å². The van der Waals surface area contributed by atoms with Crippen LogP contribution >= 0.6 is 0 Å². The van der Waals surface area contributed by atoms with Gasteiger partial charge in [-0.25, -0.2) is 0 Å². The van der Waals surface area contributed by atoms with Gasteiger partial charge in [0.15, 0.2) is 0 Å². The van der Waals surface area contributed by atoms with Crippen LogP contribution in [0.25, 0.3) is 0 Å². The summed E-state index contributed by atoms with van der Waals surface area (Å²) in [5, 5.41) is 2.91. The van der Waals surface area contributed by atoms with Crippen LogP contribution in [0.5, 0.6) is 5.75 Å². The fraction of sp³-hybridized carbons (Fsp3) is 0.333. The molecule has 3 amide bonds. The molecule has 0 aliphatic carbocycles. The second-order valence-corrected chi connectivity index (χ2v) is 9.76. The van der Waals surface area contributed by atoms with Crippen molar-refractivity contribution in [2.24, 2.45) is 0 Å². The normalized spacial score (nSPS) is 18.1. The number of carbonyl (C=O) groups excluding carboxylic acids is 3. The molecule has 1 aromatic heterocycles. The molecule has 1 atom stereocenters. The Morgan fingerprint density at radius 2 is 1.72 bits per heavy atom. The molecule has 0 radical (unpaired) electrons. The van der Waals surface area contributed by atoms with Crippen LogP contribution in [0, 0.1) is 0 Å². The van der Waals surface area contributed by atoms with Gasteiger partial charge in [-0.15, -0.1) is 0 Å². The Morgan fingerprint density at radius 1 is 1.00 bits per heavy atom. The second-order valence-electron chi connectivity index (χ2n) is 9.76. The number of rotatable bonds is 7. The van der Waals surface area contributed by atoms with Gasteiger partial charge in [0.1, 0.15) is 17.5 Å². The standard InChI is InChI=1S/C30H32N4O5/c1-38-25-12-10-23(11-13-25)29(37)34-26(28(36)32-20-24-9-5-6-16-31-24)21-39-30(34)14-17-33(18-15-30)27(35)19-22-7-3-2-4-8-22/h2-13,16,26H,14-15,17-21H2,1H3,(H,32,36)/t26-/m0/s1. The maximum Gasteiger partial charge on any atom is 0.256 e. The fourth-order valence-corrected chi connectivity index (χ4v) is 5.23. The van der Waals surface area contributed by atoms with E-state index in [0.29, 0.717) is 43.7 Å². The highest BCUT2D eigenvalue weighted by molar-refractivity contribution is 5.98. The molecule has 2 aliphatic rings. The average Bonchev–Trinajstić information content (AvgIpc) is 3.35. The van der Waals surface area contributed by atoms with Gasteiger partial charge in [0.25, 0.3) is 5.91 Å². The molecule has 3 aromatic rings. The molecule has 202 valence electrons. The SMILES string of the molecule is COc1ccc(C(=O)N2[C@H](C(=O)NCc3ccccn3)COC23CCN(C(=O)Cc2ccccc2)CC3)cc1. The Kier molecular flexibility index (Phi) is 7.88. The molecule has 39 heavy (non-hydrogen) atoms. The Labute approximate surface area is 227 Å². The van der Waals surface area contributed by atoms with E-state index in [1.165, 1.54) is 0 Å². The summed E-state index contributed by atoms with van der Waals surface area (Å²) >= 11 is 0. The number of nitrogens with zero attached hydrogens (tertiary/aromatic N) is 3. The summed E-state index contributed by atoms with van der Waals surface area (Å²) in [5.41, 5.74) is 1.14. The minimum Gasteiger partial charge on any atom is -0.497 e. The number of carbonyl (C=O) groups is 3. The number of likely N-dealkylation sites (tertiary alicyclic amines) is 1. The molecule has 2 saturated heterocycles. The number of methoxy groups -OCH3 is 1. The van der Waals surface area contributed by atoms with Gasteiger partial charge >= 0.3 is 0 Å². The highest BCUT2D eigenvalue weighted by atomic mass is 16.5. The van der Waals surface area contributed by atoms with E-state index in [1.54, 1.807) is 42.5 Å². The van der Waals surface area contributed by atoms with Gasteiger partial charge in [-0.2, -0.15) is 0 Å². The Bertz CT molecular complexity index is 1290. The molecule has 0 saturated carbocycles. The molecule has 9 heteroatoms. The van der Waals surface area contributed by atoms with Crippen molar-refractivity contribution in [2.75, 3.05) is 26.8 Å². The average molecular weight is 529 g/mol. The molecule has 2 aromatic carbocycles. The van der Waals surface area contributed by atoms with Gasteiger partial charge in [-0.05, 0) is 42.0 Å². The smallest absolute Gasteiger partial charge is 0.256 e. The Morgan fingerprint density at radius 3 is 2.38 bits per heavy atom. The lowest BCUT2D eigenvalue weighted by molar-refractivity contribution is -0.143. The number of ether oxygens (including phenoxy) is 2. The zero-order chi connectivity index (χ0) is 27.2. The van der Waals surface area contributed by atoms with Gasteiger partial charge < -0.3 is 19.7 Å². The second kappa shape index (κ2) is 11.7. The Hall–Kier alpha value is -4.24. The van der Waals surface area contributed by atoms with Crippen LogP contribution in [-0.2, 0) is 27.3 Å². The van der Waals surface area contributed by atoms with Crippen molar-refractivity contribution in [3.05, 3.63) is 95.8 Å². The molecule has 5 rings (SSSR count). The van der Waals surface area contributed by atoms with Gasteiger partial charge in [0.2, 0.25) is 11.8 Å². The quantitative estimate of drug-likeness (QED) is 0.506. The first-order chi connectivity index (χ1) is 19.0. The number of nitrogens with one attached hydrogen (secondary N) is 1. The predicted molar refractivity (Wildman–Crippen MR) is 144 cm³/mol. The number of benzene rings is 2. The van der Waals surface area contributed by atoms with Crippen LogP contribution in [0.15, 0.2) is 79.0 Å². The lowest BCUT2D eigenvalue weighted by atomic mass is 9.96. The first-order valence-corrected chi connectivity index (χ1v) is 13.1. The topological polar surface area (TPSA) is 101 Å². The highest BCUT2D eigenvalue weighted by Gasteiger charge is 2.54. The first-order valence-electron chi connectivity index (χ1n) is 13.1. The maximum absolute atomic E-state index is 13.9. The van der Waals surface area contributed by atoms with Gasteiger partial charge in [-0.1, -0.05) is 36.4 Å². The maximum atomic E-state index is 13.9. The summed E-state index contributed by atoms with van der Waals surface area (Å²) in [6, 6.07) is 21.1. The summed E-state index contributed by atoms with van der Waals surface area (Å²) in [5.74, 6) is 0.0692. The molecule has 2 fully saturated rings. The van der Waals surface area contributed by atoms with Crippen LogP contribution in [0.3, 0.4) is 0 Å². The molecule has 0 unspecified atom stereocenters. The van der Waals surface area contributed by atoms with E-state index in [4.69, 9.17) is 9.47 Å². The summed E-state index contributed by atoms with van der Waals surface area (Å²) in [4.78, 5) is 47.9. The largest absolute Gasteiger partial charge is 0.497 e. The predicted octanol–water partition coefficient (Wildman–Crippen LogP) is 2.81. The van der Waals surface area contributed by atoms with Crippen LogP contribution < -0.4 is 10.1 Å². The van der Waals surface area contributed by atoms with Crippen molar-refractivity contribution in [2.45, 2.75) is 37.6 Å². The van der Waals surface area contributed by atoms with Crippen LogP contribution in [-0.4, -0.2) is 71.1 Å². The van der Waals surface area contributed by atoms with E-state index in [1.807, 2.05) is 53.4 Å². The van der Waals surface area contributed by atoms with Crippen molar-refractivity contribution >= 4 is 17.7 Å². The van der Waals surface area contributed by atoms with Gasteiger partial charge in [-0.3, -0.25) is 24.3 Å². The number of pyridine rings is 1. The minimum absolute atomic E-state index is 0.0340. The molecule has 1 N–H and O–H groups in total. The molecule has 2 aliphatic heterocycles. The number of amides is 3. The number of hydrogen-bond donors (Lipinski definition) is 1. The highest BCUT2D eigenvalue weighted by Crippen LogP contribution is 2.39. The van der Waals surface area contributed by atoms with Crippen LogP contribution in [0.1, 0.15) is 34.5 Å². The summed E-state index contributed by atoms with van der Waals surface area (Å²) in [7, 11) is 1.56. The van der Waals surface area contributed by atoms with Crippen molar-refractivity contribution < 1.29 is 23.9 Å². The summed E-state index contributed by atoms with van der Waals surface area (Å²) in [6.07, 6.45) is 2.82. The zero-order valence-corrected chi connectivity index (χ0v) is 21.9. The minimum atomic E-state index is -0.979. The number of aromatic nitrogens is 1. The lowest BCUT2D eigenvalue weighted by Crippen LogP contribution is -2.59. The molecule has 0 bridgehead atoms. The molecule has 1 spiro atoms. The van der Waals surface area contributed by atoms with Crippen LogP contribution in [0.2, 0.25) is 0 Å². The third-order valence-corrected chi connectivity index (χ3v) is 7.38. The first kappa shape index (κ1) is 26.4. The lowest BCUT2D eigenvalue weighted by Gasteiger charge is -2.44. The third-order valence-electron chi connectivity index (χ3n) is 7.38. The van der Waals surface area contributed by atoms with E-state index in [9.17, 15) is 14.4 Å². The monoisotopic (exact) mass is 528 g/mol. The van der Waals surface area contributed by atoms with Gasteiger partial charge in [0, 0.05) is 37.7 Å². The van der Waals surface area contributed by atoms with E-state index in [-0.39, 0.29) is 30.9 Å². The van der Waals surface area contributed by atoms with E-state index in [0.717, 1.165) is 11.3 Å². The van der Waals surface area contributed by atoms with Gasteiger partial charge in [0.05, 0.1) is 32.4 Å². The third kappa shape index (κ3) is 5.78. The Balaban J connectivity index is 1.33. The number of piperidine rings is 1. The van der Waals surface area contributed by atoms with Crippen LogP contribution in [0.4, 0.5) is 0 Å². The molecule has 3 heterocycles. The van der Waals surface area contributed by atoms with E-state index >= 15 is 0 Å². The van der Waals surface area contributed by atoms with E-state index < -0.39 is 11.8 Å². The van der Waals surface area contributed by atoms with Crippen molar-refractivity contribution in [3.63, 3.8) is 0 Å².